The van der Waals surface area contributed by atoms with Gasteiger partial charge in [0.1, 0.15) is 0 Å². The van der Waals surface area contributed by atoms with Crippen LogP contribution in [0.15, 0.2) is 47.6 Å². The minimum Gasteiger partial charge on any atom is -0.324 e. The summed E-state index contributed by atoms with van der Waals surface area (Å²) in [6.07, 6.45) is 5.41. The van der Waals surface area contributed by atoms with Crippen LogP contribution in [0.5, 0.6) is 0 Å². The molecule has 1 aromatic carbocycles. The van der Waals surface area contributed by atoms with Crippen molar-refractivity contribution in [3.63, 3.8) is 0 Å². The van der Waals surface area contributed by atoms with E-state index in [1.165, 1.54) is 4.68 Å². The van der Waals surface area contributed by atoms with Crippen molar-refractivity contribution in [1.82, 2.24) is 24.7 Å². The van der Waals surface area contributed by atoms with Crippen molar-refractivity contribution in [2.24, 2.45) is 0 Å². The van der Waals surface area contributed by atoms with Crippen LogP contribution in [0, 0.1) is 0 Å². The van der Waals surface area contributed by atoms with E-state index in [-0.39, 0.29) is 5.28 Å². The second-order valence-electron chi connectivity index (χ2n) is 4.04. The van der Waals surface area contributed by atoms with Crippen LogP contribution in [0.3, 0.4) is 0 Å². The summed E-state index contributed by atoms with van der Waals surface area (Å²) >= 11 is 7.61. The van der Waals surface area contributed by atoms with Crippen LogP contribution < -0.4 is 5.32 Å². The van der Waals surface area contributed by atoms with Gasteiger partial charge in [-0.3, -0.25) is 0 Å². The van der Waals surface area contributed by atoms with E-state index in [4.69, 9.17) is 11.6 Å². The predicted octanol–water partition coefficient (Wildman–Crippen LogP) is 3.18. The fourth-order valence-corrected chi connectivity index (χ4v) is 2.33. The second kappa shape index (κ2) is 6.11. The van der Waals surface area contributed by atoms with Crippen molar-refractivity contribution in [2.45, 2.75) is 4.90 Å². The molecule has 2 aromatic heterocycles. The Kier molecular flexibility index (Phi) is 4.03. The normalized spacial score (nSPS) is 10.6. The molecule has 8 heteroatoms. The first kappa shape index (κ1) is 13.8. The molecule has 6 nitrogen and oxygen atoms in total. The summed E-state index contributed by atoms with van der Waals surface area (Å²) in [5.74, 6) is 0.738. The van der Waals surface area contributed by atoms with Gasteiger partial charge in [-0.15, -0.1) is 11.8 Å². The fraction of sp³-hybridized carbons (Fsp3) is 0.0769. The number of halogens is 1. The third-order valence-corrected chi connectivity index (χ3v) is 3.53. The maximum atomic E-state index is 5.94. The lowest BCUT2D eigenvalue weighted by molar-refractivity contribution is 0.798. The van der Waals surface area contributed by atoms with Crippen LogP contribution in [0.4, 0.5) is 11.6 Å². The minimum absolute atomic E-state index is 0.110. The minimum atomic E-state index is 0.110. The number of benzene rings is 1. The molecule has 0 aliphatic rings. The van der Waals surface area contributed by atoms with Crippen molar-refractivity contribution < 1.29 is 0 Å². The number of hydrogen-bond acceptors (Lipinski definition) is 6. The lowest BCUT2D eigenvalue weighted by atomic mass is 10.3. The summed E-state index contributed by atoms with van der Waals surface area (Å²) in [7, 11) is 0. The summed E-state index contributed by atoms with van der Waals surface area (Å²) in [5, 5.41) is 7.31. The van der Waals surface area contributed by atoms with Gasteiger partial charge in [-0.05, 0) is 42.1 Å². The summed E-state index contributed by atoms with van der Waals surface area (Å²) < 4.78 is 1.52. The Morgan fingerprint density at radius 3 is 2.86 bits per heavy atom. The molecule has 0 bridgehead atoms. The average Bonchev–Trinajstić information content (AvgIpc) is 3.01. The summed E-state index contributed by atoms with van der Waals surface area (Å²) in [5.41, 5.74) is 0.885. The molecular weight excluding hydrogens is 308 g/mol. The Morgan fingerprint density at radius 1 is 1.19 bits per heavy atom. The number of nitrogens with one attached hydrogen (secondary N) is 1. The monoisotopic (exact) mass is 318 g/mol. The van der Waals surface area contributed by atoms with Crippen molar-refractivity contribution in [3.8, 4) is 5.95 Å². The van der Waals surface area contributed by atoms with Gasteiger partial charge in [-0.1, -0.05) is 6.07 Å². The van der Waals surface area contributed by atoms with Crippen molar-refractivity contribution in [3.05, 3.63) is 48.0 Å². The molecule has 21 heavy (non-hydrogen) atoms. The SMILES string of the molecule is CSc1cccc(Nc2nc(Cl)nc(-n3cccn3)n2)c1. The highest BCUT2D eigenvalue weighted by atomic mass is 35.5. The number of rotatable bonds is 4. The Hall–Kier alpha value is -2.12. The molecule has 0 saturated heterocycles. The van der Waals surface area contributed by atoms with Crippen LogP contribution in [-0.2, 0) is 0 Å². The molecule has 0 unspecified atom stereocenters. The van der Waals surface area contributed by atoms with Gasteiger partial charge in [-0.2, -0.15) is 20.1 Å². The first-order chi connectivity index (χ1) is 10.2. The van der Waals surface area contributed by atoms with E-state index in [1.807, 2.05) is 30.5 Å². The van der Waals surface area contributed by atoms with Gasteiger partial charge < -0.3 is 5.32 Å². The van der Waals surface area contributed by atoms with E-state index in [9.17, 15) is 0 Å². The first-order valence-electron chi connectivity index (χ1n) is 6.07. The second-order valence-corrected chi connectivity index (χ2v) is 5.25. The third kappa shape index (κ3) is 3.32. The van der Waals surface area contributed by atoms with Crippen LogP contribution >= 0.6 is 23.4 Å². The summed E-state index contributed by atoms with van der Waals surface area (Å²) in [6.45, 7) is 0. The molecule has 3 aromatic rings. The van der Waals surface area contributed by atoms with E-state index in [1.54, 1.807) is 30.2 Å². The number of aromatic nitrogens is 5. The average molecular weight is 319 g/mol. The molecule has 0 fully saturated rings. The van der Waals surface area contributed by atoms with Crippen LogP contribution in [0.2, 0.25) is 5.28 Å². The van der Waals surface area contributed by atoms with Crippen molar-refractivity contribution in [1.29, 1.82) is 0 Å². The van der Waals surface area contributed by atoms with Gasteiger partial charge in [0.2, 0.25) is 11.2 Å². The Bertz CT molecular complexity index is 746. The molecule has 0 spiro atoms. The van der Waals surface area contributed by atoms with Gasteiger partial charge in [0.25, 0.3) is 5.95 Å². The maximum Gasteiger partial charge on any atom is 0.256 e. The summed E-state index contributed by atoms with van der Waals surface area (Å²) in [4.78, 5) is 13.6. The summed E-state index contributed by atoms with van der Waals surface area (Å²) in [6, 6.07) is 9.73. The Labute approximate surface area is 130 Å². The predicted molar refractivity (Wildman–Crippen MR) is 83.5 cm³/mol. The van der Waals surface area contributed by atoms with Crippen molar-refractivity contribution in [2.75, 3.05) is 11.6 Å². The van der Waals surface area contributed by atoms with Crippen molar-refractivity contribution >= 4 is 35.0 Å². The van der Waals surface area contributed by atoms with Gasteiger partial charge >= 0.3 is 0 Å². The van der Waals surface area contributed by atoms with E-state index in [0.717, 1.165) is 10.6 Å². The number of nitrogens with zero attached hydrogens (tertiary/aromatic N) is 5. The topological polar surface area (TPSA) is 68.5 Å². The molecule has 0 saturated carbocycles. The molecule has 0 atom stereocenters. The first-order valence-corrected chi connectivity index (χ1v) is 7.67. The number of anilines is 2. The molecule has 1 N–H and O–H groups in total. The van der Waals surface area contributed by atoms with Gasteiger partial charge in [-0.25, -0.2) is 4.68 Å². The molecule has 0 aliphatic carbocycles. The zero-order valence-electron chi connectivity index (χ0n) is 11.1. The highest BCUT2D eigenvalue weighted by Crippen LogP contribution is 2.21. The van der Waals surface area contributed by atoms with E-state index in [0.29, 0.717) is 11.9 Å². The standard InChI is InChI=1S/C13H11ClN6S/c1-21-10-5-2-4-9(8-10)16-12-17-11(14)18-13(19-12)20-7-3-6-15-20/h2-8H,1H3,(H,16,17,18,19). The molecule has 106 valence electrons. The third-order valence-electron chi connectivity index (χ3n) is 2.63. The smallest absolute Gasteiger partial charge is 0.256 e. The molecule has 2 heterocycles. The van der Waals surface area contributed by atoms with Crippen LogP contribution in [-0.4, -0.2) is 31.0 Å². The lowest BCUT2D eigenvalue weighted by Crippen LogP contribution is -2.06. The highest BCUT2D eigenvalue weighted by Gasteiger charge is 2.07. The molecule has 0 amide bonds. The maximum absolute atomic E-state index is 5.94. The number of hydrogen-bond donors (Lipinski definition) is 1. The largest absolute Gasteiger partial charge is 0.324 e. The van der Waals surface area contributed by atoms with Crippen LogP contribution in [0.25, 0.3) is 5.95 Å². The van der Waals surface area contributed by atoms with Gasteiger partial charge in [0.05, 0.1) is 0 Å². The van der Waals surface area contributed by atoms with E-state index >= 15 is 0 Å². The zero-order chi connectivity index (χ0) is 14.7. The lowest BCUT2D eigenvalue weighted by Gasteiger charge is -2.07. The highest BCUT2D eigenvalue weighted by molar-refractivity contribution is 7.98. The fourth-order valence-electron chi connectivity index (χ4n) is 1.72. The Balaban J connectivity index is 1.91. The van der Waals surface area contributed by atoms with Gasteiger partial charge in [0.15, 0.2) is 0 Å². The quantitative estimate of drug-likeness (QED) is 0.745. The molecule has 0 aliphatic heterocycles. The van der Waals surface area contributed by atoms with Gasteiger partial charge in [0, 0.05) is 23.0 Å². The molecule has 0 radical (unpaired) electrons. The Morgan fingerprint density at radius 2 is 2.10 bits per heavy atom. The molecule has 3 rings (SSSR count). The van der Waals surface area contributed by atoms with E-state index in [2.05, 4.69) is 25.4 Å². The van der Waals surface area contributed by atoms with Crippen LogP contribution in [0.1, 0.15) is 0 Å². The number of thioether (sulfide) groups is 1. The van der Waals surface area contributed by atoms with E-state index < -0.39 is 0 Å². The molecular formula is C13H11ClN6S. The zero-order valence-corrected chi connectivity index (χ0v) is 12.6.